The Morgan fingerprint density at radius 3 is 2.35 bits per heavy atom. The Hall–Kier alpha value is -2.61. The molecule has 7 nitrogen and oxygen atoms in total. The highest BCUT2D eigenvalue weighted by Crippen LogP contribution is 2.39. The van der Waals surface area contributed by atoms with Gasteiger partial charge in [0.2, 0.25) is 11.8 Å². The average molecular weight is 484 g/mol. The molecule has 4 rings (SSSR count). The maximum absolute atomic E-state index is 13.7. The van der Waals surface area contributed by atoms with Crippen LogP contribution in [0.25, 0.3) is 0 Å². The lowest BCUT2D eigenvalue weighted by Crippen LogP contribution is -2.59. The zero-order valence-corrected chi connectivity index (χ0v) is 20.7. The van der Waals surface area contributed by atoms with Gasteiger partial charge in [-0.25, -0.2) is 0 Å². The van der Waals surface area contributed by atoms with Gasteiger partial charge in [-0.15, -0.1) is 0 Å². The number of rotatable bonds is 7. The first kappa shape index (κ1) is 24.5. The molecular weight excluding hydrogens is 450 g/mol. The van der Waals surface area contributed by atoms with E-state index in [1.807, 2.05) is 66.4 Å². The summed E-state index contributed by atoms with van der Waals surface area (Å²) < 4.78 is 0. The van der Waals surface area contributed by atoms with Crippen LogP contribution in [0.3, 0.4) is 0 Å². The van der Waals surface area contributed by atoms with Gasteiger partial charge in [0.25, 0.3) is 0 Å². The maximum Gasteiger partial charge on any atom is 0.250 e. The lowest BCUT2D eigenvalue weighted by Gasteiger charge is -2.43. The van der Waals surface area contributed by atoms with Crippen LogP contribution < -0.4 is 10.6 Å². The molecule has 2 aromatic carbocycles. The van der Waals surface area contributed by atoms with Gasteiger partial charge in [-0.1, -0.05) is 41.9 Å². The lowest BCUT2D eigenvalue weighted by atomic mass is 9.85. The van der Waals surface area contributed by atoms with Crippen molar-refractivity contribution < 1.29 is 9.59 Å². The van der Waals surface area contributed by atoms with Gasteiger partial charge in [0.05, 0.1) is 12.7 Å². The molecule has 2 heterocycles. The molecule has 0 aliphatic carbocycles. The highest BCUT2D eigenvalue weighted by Gasteiger charge is 2.54. The maximum atomic E-state index is 13.7. The molecule has 2 aromatic rings. The molecule has 2 aliphatic heterocycles. The molecule has 1 atom stereocenters. The Bertz CT molecular complexity index is 990. The Kier molecular flexibility index (Phi) is 7.45. The van der Waals surface area contributed by atoms with Crippen LogP contribution in [0.1, 0.15) is 18.4 Å². The second-order valence-corrected chi connectivity index (χ2v) is 10.0. The van der Waals surface area contributed by atoms with Gasteiger partial charge in [-0.05, 0) is 63.2 Å². The molecule has 8 heteroatoms. The topological polar surface area (TPSA) is 73.1 Å². The lowest BCUT2D eigenvalue weighted by molar-refractivity contribution is -0.139. The van der Waals surface area contributed by atoms with Crippen LogP contribution >= 0.6 is 11.6 Å². The zero-order chi connectivity index (χ0) is 24.3. The van der Waals surface area contributed by atoms with E-state index in [0.29, 0.717) is 50.6 Å². The highest BCUT2D eigenvalue weighted by atomic mass is 35.5. The van der Waals surface area contributed by atoms with E-state index in [-0.39, 0.29) is 11.8 Å². The van der Waals surface area contributed by atoms with Gasteiger partial charge in [-0.2, -0.15) is 0 Å². The number of carbonyl (C=O) groups is 2. The number of benzene rings is 2. The first-order valence-corrected chi connectivity index (χ1v) is 12.2. The summed E-state index contributed by atoms with van der Waals surface area (Å²) >= 11 is 5.96. The summed E-state index contributed by atoms with van der Waals surface area (Å²) in [5.41, 5.74) is 7.69. The molecule has 2 amide bonds. The number of nitrogens with zero attached hydrogens (tertiary/aromatic N) is 4. The molecule has 0 aromatic heterocycles. The SMILES string of the molecule is CN(C)CCN1CN(c2ccccc2)C2(CCN(C(=O)[C@H](N)Cc3ccc(Cl)cc3)CC2)C1=O. The van der Waals surface area contributed by atoms with E-state index in [2.05, 4.69) is 21.9 Å². The summed E-state index contributed by atoms with van der Waals surface area (Å²) in [6.07, 6.45) is 1.65. The number of hydrogen-bond acceptors (Lipinski definition) is 5. The van der Waals surface area contributed by atoms with Crippen molar-refractivity contribution in [1.29, 1.82) is 0 Å². The molecule has 2 fully saturated rings. The van der Waals surface area contributed by atoms with Crippen molar-refractivity contribution in [3.63, 3.8) is 0 Å². The number of hydrogen-bond donors (Lipinski definition) is 1. The van der Waals surface area contributed by atoms with E-state index in [1.165, 1.54) is 0 Å². The Morgan fingerprint density at radius 1 is 1.09 bits per heavy atom. The number of amides is 2. The molecule has 1 spiro atoms. The third-order valence-corrected chi connectivity index (χ3v) is 7.24. The van der Waals surface area contributed by atoms with Crippen LogP contribution in [-0.2, 0) is 16.0 Å². The van der Waals surface area contributed by atoms with E-state index in [0.717, 1.165) is 17.8 Å². The van der Waals surface area contributed by atoms with E-state index in [1.54, 1.807) is 0 Å². The number of nitrogens with two attached hydrogens (primary N) is 1. The summed E-state index contributed by atoms with van der Waals surface area (Å²) in [5.74, 6) is 0.0988. The van der Waals surface area contributed by atoms with Crippen molar-refractivity contribution in [3.8, 4) is 0 Å². The number of halogens is 1. The van der Waals surface area contributed by atoms with Crippen molar-refractivity contribution in [3.05, 3.63) is 65.2 Å². The molecule has 34 heavy (non-hydrogen) atoms. The fourth-order valence-corrected chi connectivity index (χ4v) is 5.11. The van der Waals surface area contributed by atoms with Crippen molar-refractivity contribution in [1.82, 2.24) is 14.7 Å². The van der Waals surface area contributed by atoms with Crippen LogP contribution in [0.4, 0.5) is 5.69 Å². The van der Waals surface area contributed by atoms with Crippen LogP contribution in [0.2, 0.25) is 5.02 Å². The first-order valence-electron chi connectivity index (χ1n) is 11.9. The van der Waals surface area contributed by atoms with Gasteiger partial charge < -0.3 is 25.3 Å². The van der Waals surface area contributed by atoms with Crippen LogP contribution in [0.15, 0.2) is 54.6 Å². The van der Waals surface area contributed by atoms with Gasteiger partial charge in [0.15, 0.2) is 0 Å². The quantitative estimate of drug-likeness (QED) is 0.654. The largest absolute Gasteiger partial charge is 0.341 e. The zero-order valence-electron chi connectivity index (χ0n) is 20.0. The summed E-state index contributed by atoms with van der Waals surface area (Å²) in [5, 5.41) is 0.661. The van der Waals surface area contributed by atoms with Crippen molar-refractivity contribution in [2.75, 3.05) is 51.8 Å². The summed E-state index contributed by atoms with van der Waals surface area (Å²) in [4.78, 5) is 34.9. The number of likely N-dealkylation sites (N-methyl/N-ethyl adjacent to an activating group) is 1. The minimum absolute atomic E-state index is 0.0639. The highest BCUT2D eigenvalue weighted by molar-refractivity contribution is 6.30. The minimum Gasteiger partial charge on any atom is -0.341 e. The monoisotopic (exact) mass is 483 g/mol. The third kappa shape index (κ3) is 5.06. The molecular formula is C26H34ClN5O2. The fourth-order valence-electron chi connectivity index (χ4n) is 4.99. The molecule has 2 aliphatic rings. The van der Waals surface area contributed by atoms with Gasteiger partial charge >= 0.3 is 0 Å². The fraction of sp³-hybridized carbons (Fsp3) is 0.462. The van der Waals surface area contributed by atoms with Crippen molar-refractivity contribution >= 4 is 29.1 Å². The second kappa shape index (κ2) is 10.3. The summed E-state index contributed by atoms with van der Waals surface area (Å²) in [6.45, 7) is 3.11. The predicted molar refractivity (Wildman–Crippen MR) is 136 cm³/mol. The van der Waals surface area contributed by atoms with Crippen LogP contribution in [0, 0.1) is 0 Å². The van der Waals surface area contributed by atoms with E-state index < -0.39 is 11.6 Å². The van der Waals surface area contributed by atoms with Crippen molar-refractivity contribution in [2.24, 2.45) is 5.73 Å². The molecule has 0 radical (unpaired) electrons. The standard InChI is InChI=1S/C26H34ClN5O2/c1-29(2)16-17-31-19-32(22-6-4-3-5-7-22)26(25(31)34)12-14-30(15-13-26)24(33)23(28)18-20-8-10-21(27)11-9-20/h3-11,23H,12-19,28H2,1-2H3/t23-/m1/s1. The van der Waals surface area contributed by atoms with Gasteiger partial charge in [-0.3, -0.25) is 9.59 Å². The molecule has 0 bridgehead atoms. The second-order valence-electron chi connectivity index (χ2n) is 9.57. The molecule has 0 saturated carbocycles. The molecule has 2 N–H and O–H groups in total. The number of carbonyl (C=O) groups excluding carboxylic acids is 2. The Labute approximate surface area is 207 Å². The average Bonchev–Trinajstić information content (AvgIpc) is 3.11. The normalized spacial score (nSPS) is 18.7. The number of para-hydroxylation sites is 1. The number of anilines is 1. The smallest absolute Gasteiger partial charge is 0.250 e. The van der Waals surface area contributed by atoms with E-state index in [9.17, 15) is 9.59 Å². The van der Waals surface area contributed by atoms with Crippen LogP contribution in [0.5, 0.6) is 0 Å². The van der Waals surface area contributed by atoms with E-state index >= 15 is 0 Å². The molecule has 182 valence electrons. The Morgan fingerprint density at radius 2 is 1.74 bits per heavy atom. The van der Waals surface area contributed by atoms with Crippen LogP contribution in [-0.4, -0.2) is 85.0 Å². The van der Waals surface area contributed by atoms with Gasteiger partial charge in [0.1, 0.15) is 5.54 Å². The first-order chi connectivity index (χ1) is 16.3. The predicted octanol–water partition coefficient (Wildman–Crippen LogP) is 2.44. The summed E-state index contributed by atoms with van der Waals surface area (Å²) in [7, 11) is 4.03. The number of piperidine rings is 1. The Balaban J connectivity index is 1.46. The molecule has 2 saturated heterocycles. The third-order valence-electron chi connectivity index (χ3n) is 6.99. The summed E-state index contributed by atoms with van der Waals surface area (Å²) in [6, 6.07) is 16.9. The minimum atomic E-state index is -0.620. The van der Waals surface area contributed by atoms with E-state index in [4.69, 9.17) is 17.3 Å². The van der Waals surface area contributed by atoms with Gasteiger partial charge in [0, 0.05) is 36.9 Å². The van der Waals surface area contributed by atoms with Crippen molar-refractivity contribution in [2.45, 2.75) is 30.8 Å². The number of likely N-dealkylation sites (tertiary alicyclic amines) is 1. The molecule has 0 unspecified atom stereocenters.